The van der Waals surface area contributed by atoms with Crippen LogP contribution in [0.1, 0.15) is 29.3 Å². The Morgan fingerprint density at radius 2 is 2.38 bits per heavy atom. The van der Waals surface area contributed by atoms with E-state index in [4.69, 9.17) is 4.74 Å². The number of hydrogen-bond donors (Lipinski definition) is 1. The van der Waals surface area contributed by atoms with Gasteiger partial charge in [0, 0.05) is 24.9 Å². The van der Waals surface area contributed by atoms with E-state index in [-0.39, 0.29) is 5.78 Å². The van der Waals surface area contributed by atoms with Gasteiger partial charge in [-0.1, -0.05) is 6.92 Å². The molecule has 2 rings (SSSR count). The van der Waals surface area contributed by atoms with E-state index >= 15 is 0 Å². The van der Waals surface area contributed by atoms with Crippen molar-refractivity contribution in [1.82, 2.24) is 5.32 Å². The van der Waals surface area contributed by atoms with Crippen LogP contribution in [-0.4, -0.2) is 25.5 Å². The van der Waals surface area contributed by atoms with Crippen LogP contribution >= 0.6 is 0 Å². The first-order valence-corrected chi connectivity index (χ1v) is 5.81. The van der Waals surface area contributed by atoms with E-state index in [1.807, 2.05) is 25.1 Å². The van der Waals surface area contributed by atoms with Gasteiger partial charge in [0.15, 0.2) is 5.78 Å². The summed E-state index contributed by atoms with van der Waals surface area (Å²) in [6, 6.07) is 5.73. The largest absolute Gasteiger partial charge is 0.493 e. The zero-order valence-corrected chi connectivity index (χ0v) is 9.58. The summed E-state index contributed by atoms with van der Waals surface area (Å²) in [6.45, 7) is 4.44. The van der Waals surface area contributed by atoms with Gasteiger partial charge in [0.2, 0.25) is 0 Å². The zero-order valence-electron chi connectivity index (χ0n) is 9.58. The molecule has 1 aromatic carbocycles. The molecule has 0 radical (unpaired) electrons. The van der Waals surface area contributed by atoms with Gasteiger partial charge in [-0.05, 0) is 30.3 Å². The molecule has 86 valence electrons. The second-order valence-electron chi connectivity index (χ2n) is 3.95. The molecule has 0 bridgehead atoms. The molecule has 3 heteroatoms. The molecule has 0 unspecified atom stereocenters. The van der Waals surface area contributed by atoms with Crippen LogP contribution in [0.15, 0.2) is 18.2 Å². The average Bonchev–Trinajstić information content (AvgIpc) is 2.76. The highest BCUT2D eigenvalue weighted by molar-refractivity contribution is 5.96. The van der Waals surface area contributed by atoms with Gasteiger partial charge >= 0.3 is 0 Å². The molecule has 1 aliphatic rings. The second-order valence-corrected chi connectivity index (χ2v) is 3.95. The van der Waals surface area contributed by atoms with Crippen molar-refractivity contribution in [3.05, 3.63) is 29.3 Å². The van der Waals surface area contributed by atoms with Crippen molar-refractivity contribution in [2.24, 2.45) is 0 Å². The maximum atomic E-state index is 11.8. The van der Waals surface area contributed by atoms with Crippen LogP contribution in [0.5, 0.6) is 5.75 Å². The van der Waals surface area contributed by atoms with Crippen LogP contribution in [0.3, 0.4) is 0 Å². The summed E-state index contributed by atoms with van der Waals surface area (Å²) in [5.41, 5.74) is 1.97. The zero-order chi connectivity index (χ0) is 11.4. The van der Waals surface area contributed by atoms with E-state index in [0.717, 1.165) is 43.0 Å². The van der Waals surface area contributed by atoms with Crippen molar-refractivity contribution in [2.75, 3.05) is 19.7 Å². The number of Topliss-reactive ketones (excluding diaryl/α,β-unsaturated/α-hetero) is 1. The number of hydrogen-bond acceptors (Lipinski definition) is 3. The lowest BCUT2D eigenvalue weighted by molar-refractivity contribution is 0.0982. The highest BCUT2D eigenvalue weighted by Crippen LogP contribution is 2.26. The Hall–Kier alpha value is -1.35. The number of carbonyl (C=O) groups excluding carboxylic acids is 1. The topological polar surface area (TPSA) is 38.3 Å². The fourth-order valence-corrected chi connectivity index (χ4v) is 1.88. The summed E-state index contributed by atoms with van der Waals surface area (Å²) in [6.07, 6.45) is 1.48. The second kappa shape index (κ2) is 5.12. The molecule has 0 aliphatic carbocycles. The van der Waals surface area contributed by atoms with Gasteiger partial charge in [0.05, 0.1) is 6.61 Å². The molecule has 3 nitrogen and oxygen atoms in total. The molecule has 1 N–H and O–H groups in total. The number of ketones is 1. The predicted octanol–water partition coefficient (Wildman–Crippen LogP) is 1.80. The molecule has 1 aromatic rings. The minimum absolute atomic E-state index is 0.204. The first-order valence-electron chi connectivity index (χ1n) is 5.81. The summed E-state index contributed by atoms with van der Waals surface area (Å²) < 4.78 is 5.41. The van der Waals surface area contributed by atoms with E-state index in [1.54, 1.807) is 0 Å². The van der Waals surface area contributed by atoms with Gasteiger partial charge in [-0.3, -0.25) is 4.79 Å². The van der Waals surface area contributed by atoms with Crippen LogP contribution in [-0.2, 0) is 6.42 Å². The van der Waals surface area contributed by atoms with Gasteiger partial charge in [0.25, 0.3) is 0 Å². The molecule has 0 saturated heterocycles. The van der Waals surface area contributed by atoms with Crippen LogP contribution in [0, 0.1) is 0 Å². The first-order chi connectivity index (χ1) is 7.81. The summed E-state index contributed by atoms with van der Waals surface area (Å²) in [5.74, 6) is 1.14. The van der Waals surface area contributed by atoms with Crippen molar-refractivity contribution in [1.29, 1.82) is 0 Å². The van der Waals surface area contributed by atoms with Gasteiger partial charge in [0.1, 0.15) is 5.75 Å². The Kier molecular flexibility index (Phi) is 3.57. The Labute approximate surface area is 95.8 Å². The van der Waals surface area contributed by atoms with Crippen molar-refractivity contribution in [3.63, 3.8) is 0 Å². The third-order valence-electron chi connectivity index (χ3n) is 2.79. The number of ether oxygens (including phenoxy) is 1. The summed E-state index contributed by atoms with van der Waals surface area (Å²) in [4.78, 5) is 11.8. The highest BCUT2D eigenvalue weighted by atomic mass is 16.5. The lowest BCUT2D eigenvalue weighted by Crippen LogP contribution is -2.17. The standard InChI is InChI=1S/C13H17NO2/c1-2-14-7-5-12(15)10-3-4-13-11(9-10)6-8-16-13/h3-4,9,14H,2,5-8H2,1H3. The monoisotopic (exact) mass is 219 g/mol. The first kappa shape index (κ1) is 11.1. The molecule has 0 atom stereocenters. The Morgan fingerprint density at radius 1 is 1.50 bits per heavy atom. The quantitative estimate of drug-likeness (QED) is 0.606. The molecular formula is C13H17NO2. The van der Waals surface area contributed by atoms with Gasteiger partial charge in [-0.2, -0.15) is 0 Å². The lowest BCUT2D eigenvalue weighted by atomic mass is 10.0. The maximum Gasteiger partial charge on any atom is 0.164 e. The van der Waals surface area contributed by atoms with Crippen molar-refractivity contribution in [2.45, 2.75) is 19.8 Å². The van der Waals surface area contributed by atoms with E-state index in [1.165, 1.54) is 0 Å². The molecule has 1 heterocycles. The average molecular weight is 219 g/mol. The van der Waals surface area contributed by atoms with E-state index in [2.05, 4.69) is 5.32 Å². The molecule has 0 spiro atoms. The minimum atomic E-state index is 0.204. The summed E-state index contributed by atoms with van der Waals surface area (Å²) in [5, 5.41) is 3.16. The molecule has 1 aliphatic heterocycles. The normalized spacial score (nSPS) is 13.3. The molecule has 0 amide bonds. The number of carbonyl (C=O) groups is 1. The highest BCUT2D eigenvalue weighted by Gasteiger charge is 2.14. The number of benzene rings is 1. The predicted molar refractivity (Wildman–Crippen MR) is 63.1 cm³/mol. The third-order valence-corrected chi connectivity index (χ3v) is 2.79. The smallest absolute Gasteiger partial charge is 0.164 e. The van der Waals surface area contributed by atoms with Gasteiger partial charge < -0.3 is 10.1 Å². The Bertz CT molecular complexity index is 388. The summed E-state index contributed by atoms with van der Waals surface area (Å²) >= 11 is 0. The van der Waals surface area contributed by atoms with Crippen LogP contribution in [0.4, 0.5) is 0 Å². The van der Waals surface area contributed by atoms with Crippen LogP contribution in [0.25, 0.3) is 0 Å². The molecule has 0 aromatic heterocycles. The van der Waals surface area contributed by atoms with E-state index in [0.29, 0.717) is 6.42 Å². The molecule has 0 saturated carbocycles. The molecular weight excluding hydrogens is 202 g/mol. The molecule has 16 heavy (non-hydrogen) atoms. The summed E-state index contributed by atoms with van der Waals surface area (Å²) in [7, 11) is 0. The maximum absolute atomic E-state index is 11.8. The third kappa shape index (κ3) is 2.42. The van der Waals surface area contributed by atoms with Crippen LogP contribution in [0.2, 0.25) is 0 Å². The van der Waals surface area contributed by atoms with Crippen molar-refractivity contribution >= 4 is 5.78 Å². The number of fused-ring (bicyclic) bond motifs is 1. The lowest BCUT2D eigenvalue weighted by Gasteiger charge is -2.04. The molecule has 0 fully saturated rings. The van der Waals surface area contributed by atoms with Gasteiger partial charge in [-0.15, -0.1) is 0 Å². The van der Waals surface area contributed by atoms with E-state index < -0.39 is 0 Å². The Balaban J connectivity index is 2.01. The van der Waals surface area contributed by atoms with E-state index in [9.17, 15) is 4.79 Å². The number of rotatable bonds is 5. The van der Waals surface area contributed by atoms with Crippen LogP contribution < -0.4 is 10.1 Å². The fraction of sp³-hybridized carbons (Fsp3) is 0.462. The van der Waals surface area contributed by atoms with Gasteiger partial charge in [-0.25, -0.2) is 0 Å². The SMILES string of the molecule is CCNCCC(=O)c1ccc2c(c1)CCO2. The number of nitrogens with one attached hydrogen (secondary N) is 1. The van der Waals surface area contributed by atoms with Crippen molar-refractivity contribution < 1.29 is 9.53 Å². The Morgan fingerprint density at radius 3 is 3.19 bits per heavy atom. The van der Waals surface area contributed by atoms with Crippen molar-refractivity contribution in [3.8, 4) is 5.75 Å². The fourth-order valence-electron chi connectivity index (χ4n) is 1.88. The minimum Gasteiger partial charge on any atom is -0.493 e.